The van der Waals surface area contributed by atoms with Crippen molar-refractivity contribution in [3.8, 4) is 0 Å². The molecule has 13 heavy (non-hydrogen) atoms. The van der Waals surface area contributed by atoms with Crippen LogP contribution in [-0.2, 0) is 6.54 Å². The topological polar surface area (TPSA) is 12.0 Å². The van der Waals surface area contributed by atoms with Crippen LogP contribution in [0.3, 0.4) is 0 Å². The fourth-order valence-electron chi connectivity index (χ4n) is 0.926. The highest BCUT2D eigenvalue weighted by Crippen LogP contribution is 2.26. The number of halogens is 2. The van der Waals surface area contributed by atoms with Gasteiger partial charge in [-0.25, -0.2) is 0 Å². The van der Waals surface area contributed by atoms with Gasteiger partial charge in [0.25, 0.3) is 0 Å². The van der Waals surface area contributed by atoms with Crippen LogP contribution in [0.1, 0.15) is 9.75 Å². The normalized spacial score (nSPS) is 10.4. The van der Waals surface area contributed by atoms with Gasteiger partial charge in [-0.1, -0.05) is 18.2 Å². The molecule has 0 amide bonds. The summed E-state index contributed by atoms with van der Waals surface area (Å²) < 4.78 is 1.18. The lowest BCUT2D eigenvalue weighted by Gasteiger charge is -1.99. The van der Waals surface area contributed by atoms with E-state index in [-0.39, 0.29) is 0 Å². The summed E-state index contributed by atoms with van der Waals surface area (Å²) >= 11 is 10.9. The van der Waals surface area contributed by atoms with E-state index in [2.05, 4.69) is 40.8 Å². The molecule has 1 heterocycles. The maximum atomic E-state index is 5.62. The molecule has 1 rings (SSSR count). The highest BCUT2D eigenvalue weighted by Gasteiger charge is 2.01. The summed E-state index contributed by atoms with van der Waals surface area (Å²) in [5.74, 6) is 0. The van der Waals surface area contributed by atoms with Gasteiger partial charge in [0.15, 0.2) is 0 Å². The lowest BCUT2D eigenvalue weighted by molar-refractivity contribution is 0.765. The third kappa shape index (κ3) is 3.81. The molecular formula is C9H11BrClNS. The highest BCUT2D eigenvalue weighted by atomic mass is 79.9. The highest BCUT2D eigenvalue weighted by molar-refractivity contribution is 9.10. The van der Waals surface area contributed by atoms with E-state index in [0.717, 1.165) is 6.54 Å². The molecule has 0 fully saturated rings. The van der Waals surface area contributed by atoms with Gasteiger partial charge in [0.05, 0.1) is 0 Å². The maximum absolute atomic E-state index is 5.62. The molecule has 4 heteroatoms. The average molecular weight is 281 g/mol. The van der Waals surface area contributed by atoms with E-state index >= 15 is 0 Å². The quantitative estimate of drug-likeness (QED) is 0.887. The summed E-state index contributed by atoms with van der Waals surface area (Å²) in [6.45, 7) is 7.21. The molecule has 0 aliphatic carbocycles. The van der Waals surface area contributed by atoms with Gasteiger partial charge in [-0.05, 0) is 28.9 Å². The Labute approximate surface area is 95.9 Å². The zero-order valence-electron chi connectivity index (χ0n) is 7.36. The van der Waals surface area contributed by atoms with E-state index in [4.69, 9.17) is 11.6 Å². The Hall–Kier alpha value is 0.170. The molecular weight excluding hydrogens is 270 g/mol. The number of hydrogen-bond donors (Lipinski definition) is 1. The number of hydrogen-bond acceptors (Lipinski definition) is 2. The first kappa shape index (κ1) is 11.2. The molecule has 1 nitrogen and oxygen atoms in total. The van der Waals surface area contributed by atoms with Gasteiger partial charge in [-0.2, -0.15) is 0 Å². The van der Waals surface area contributed by atoms with Crippen molar-refractivity contribution in [3.05, 3.63) is 31.9 Å². The molecule has 0 unspecified atom stereocenters. The van der Waals surface area contributed by atoms with E-state index in [1.807, 2.05) is 0 Å². The zero-order chi connectivity index (χ0) is 9.84. The Kier molecular flexibility index (Phi) is 4.46. The standard InChI is InChI=1S/C9H11BrClNS/c1-6(11)4-12-5-8-3-9(10)7(2)13-8/h3,12H,1,4-5H2,2H3. The van der Waals surface area contributed by atoms with Crippen molar-refractivity contribution in [2.45, 2.75) is 13.5 Å². The second-order valence-electron chi connectivity index (χ2n) is 2.74. The van der Waals surface area contributed by atoms with Crippen LogP contribution in [0.4, 0.5) is 0 Å². The van der Waals surface area contributed by atoms with Crippen molar-refractivity contribution in [3.63, 3.8) is 0 Å². The summed E-state index contributed by atoms with van der Waals surface area (Å²) in [7, 11) is 0. The average Bonchev–Trinajstić information content (AvgIpc) is 2.30. The molecule has 0 aliphatic heterocycles. The summed E-state index contributed by atoms with van der Waals surface area (Å²) in [6, 6.07) is 2.13. The first-order valence-corrected chi connectivity index (χ1v) is 5.87. The minimum absolute atomic E-state index is 0.646. The van der Waals surface area contributed by atoms with Crippen LogP contribution in [0.15, 0.2) is 22.2 Å². The Bertz CT molecular complexity index is 289. The van der Waals surface area contributed by atoms with Crippen molar-refractivity contribution < 1.29 is 0 Å². The van der Waals surface area contributed by atoms with Gasteiger partial charge in [0.2, 0.25) is 0 Å². The molecule has 0 radical (unpaired) electrons. The SMILES string of the molecule is C=C(Cl)CNCc1cc(Br)c(C)s1. The summed E-state index contributed by atoms with van der Waals surface area (Å²) in [5, 5.41) is 3.85. The Morgan fingerprint density at radius 1 is 1.77 bits per heavy atom. The lowest BCUT2D eigenvalue weighted by atomic mass is 10.4. The molecule has 0 saturated heterocycles. The van der Waals surface area contributed by atoms with Crippen molar-refractivity contribution in [1.82, 2.24) is 5.32 Å². The van der Waals surface area contributed by atoms with Crippen molar-refractivity contribution in [1.29, 1.82) is 0 Å². The minimum Gasteiger partial charge on any atom is -0.307 e. The van der Waals surface area contributed by atoms with E-state index in [1.54, 1.807) is 11.3 Å². The summed E-state index contributed by atoms with van der Waals surface area (Å²) in [4.78, 5) is 2.61. The Balaban J connectivity index is 2.41. The predicted molar refractivity (Wildman–Crippen MR) is 63.5 cm³/mol. The zero-order valence-corrected chi connectivity index (χ0v) is 10.5. The van der Waals surface area contributed by atoms with E-state index in [9.17, 15) is 0 Å². The fourth-order valence-corrected chi connectivity index (χ4v) is 2.59. The number of thiophene rings is 1. The van der Waals surface area contributed by atoms with Gasteiger partial charge in [-0.3, -0.25) is 0 Å². The molecule has 1 N–H and O–H groups in total. The van der Waals surface area contributed by atoms with Gasteiger partial charge >= 0.3 is 0 Å². The maximum Gasteiger partial charge on any atom is 0.0314 e. The molecule has 0 aromatic carbocycles. The molecule has 0 bridgehead atoms. The van der Waals surface area contributed by atoms with E-state index < -0.39 is 0 Å². The van der Waals surface area contributed by atoms with Crippen LogP contribution in [0.5, 0.6) is 0 Å². The number of nitrogens with one attached hydrogen (secondary N) is 1. The third-order valence-electron chi connectivity index (χ3n) is 1.52. The van der Waals surface area contributed by atoms with Crippen molar-refractivity contribution in [2.75, 3.05) is 6.54 Å². The van der Waals surface area contributed by atoms with E-state index in [0.29, 0.717) is 11.6 Å². The largest absolute Gasteiger partial charge is 0.307 e. The Morgan fingerprint density at radius 2 is 2.46 bits per heavy atom. The monoisotopic (exact) mass is 279 g/mol. The van der Waals surface area contributed by atoms with Gasteiger partial charge in [0, 0.05) is 32.3 Å². The fraction of sp³-hybridized carbons (Fsp3) is 0.333. The molecule has 1 aromatic rings. The molecule has 0 spiro atoms. The molecule has 0 aliphatic rings. The second kappa shape index (κ2) is 5.15. The van der Waals surface area contributed by atoms with E-state index in [1.165, 1.54) is 14.2 Å². The lowest BCUT2D eigenvalue weighted by Crippen LogP contribution is -2.13. The van der Waals surface area contributed by atoms with Crippen LogP contribution in [0, 0.1) is 6.92 Å². The number of aryl methyl sites for hydroxylation is 1. The van der Waals surface area contributed by atoms with Crippen LogP contribution >= 0.6 is 38.9 Å². The van der Waals surface area contributed by atoms with Gasteiger partial charge < -0.3 is 5.32 Å². The van der Waals surface area contributed by atoms with Crippen molar-refractivity contribution in [2.24, 2.45) is 0 Å². The van der Waals surface area contributed by atoms with Crippen LogP contribution < -0.4 is 5.32 Å². The van der Waals surface area contributed by atoms with Crippen LogP contribution in [0.2, 0.25) is 0 Å². The third-order valence-corrected chi connectivity index (χ3v) is 3.79. The first-order chi connectivity index (χ1) is 6.09. The molecule has 0 atom stereocenters. The first-order valence-electron chi connectivity index (χ1n) is 3.88. The minimum atomic E-state index is 0.646. The Morgan fingerprint density at radius 3 is 2.92 bits per heavy atom. The molecule has 1 aromatic heterocycles. The second-order valence-corrected chi connectivity index (χ2v) is 5.47. The summed E-state index contributed by atoms with van der Waals surface area (Å²) in [6.07, 6.45) is 0. The van der Waals surface area contributed by atoms with Crippen molar-refractivity contribution >= 4 is 38.9 Å². The summed E-state index contributed by atoms with van der Waals surface area (Å²) in [5.41, 5.74) is 0. The smallest absolute Gasteiger partial charge is 0.0314 e. The number of rotatable bonds is 4. The predicted octanol–water partition coefficient (Wildman–Crippen LogP) is 3.66. The van der Waals surface area contributed by atoms with Crippen LogP contribution in [0.25, 0.3) is 0 Å². The van der Waals surface area contributed by atoms with Crippen LogP contribution in [-0.4, -0.2) is 6.54 Å². The molecule has 72 valence electrons. The van der Waals surface area contributed by atoms with Gasteiger partial charge in [-0.15, -0.1) is 11.3 Å². The molecule has 0 saturated carbocycles. The van der Waals surface area contributed by atoms with Gasteiger partial charge in [0.1, 0.15) is 0 Å².